The Morgan fingerprint density at radius 2 is 2.12 bits per heavy atom. The van der Waals surface area contributed by atoms with Crippen LogP contribution in [0.15, 0.2) is 4.52 Å². The van der Waals surface area contributed by atoms with Crippen LogP contribution in [0.4, 0.5) is 0 Å². The smallest absolute Gasteiger partial charge is 0.246 e. The first-order chi connectivity index (χ1) is 7.68. The lowest BCUT2D eigenvalue weighted by Gasteiger charge is -2.18. The van der Waals surface area contributed by atoms with E-state index in [2.05, 4.69) is 10.1 Å². The van der Waals surface area contributed by atoms with E-state index >= 15 is 0 Å². The molecule has 1 aromatic rings. The Balaban J connectivity index is 2.06. The fourth-order valence-corrected chi connectivity index (χ4v) is 1.71. The molecule has 0 amide bonds. The topological polar surface area (TPSA) is 94.4 Å². The summed E-state index contributed by atoms with van der Waals surface area (Å²) < 4.78 is 10.3. The third kappa shape index (κ3) is 2.40. The molecule has 0 spiro atoms. The summed E-state index contributed by atoms with van der Waals surface area (Å²) in [5.74, 6) is 1.26. The van der Waals surface area contributed by atoms with Crippen LogP contribution in [0.1, 0.15) is 43.4 Å². The summed E-state index contributed by atoms with van der Waals surface area (Å²) in [6, 6.07) is -0.610. The third-order valence-electron chi connectivity index (χ3n) is 2.85. The van der Waals surface area contributed by atoms with Gasteiger partial charge in [-0.15, -0.1) is 0 Å². The van der Waals surface area contributed by atoms with Gasteiger partial charge in [-0.3, -0.25) is 0 Å². The van der Waals surface area contributed by atoms with E-state index in [4.69, 9.17) is 15.0 Å². The van der Waals surface area contributed by atoms with E-state index in [1.165, 1.54) is 0 Å². The zero-order chi connectivity index (χ0) is 11.5. The molecule has 0 bridgehead atoms. The molecule has 2 atom stereocenters. The quantitative estimate of drug-likeness (QED) is 0.773. The second-order valence-corrected chi connectivity index (χ2v) is 4.14. The third-order valence-corrected chi connectivity index (χ3v) is 2.85. The van der Waals surface area contributed by atoms with Gasteiger partial charge in [-0.1, -0.05) is 5.16 Å². The molecule has 0 radical (unpaired) electrons. The molecule has 6 nitrogen and oxygen atoms in total. The highest BCUT2D eigenvalue weighted by Crippen LogP contribution is 2.25. The van der Waals surface area contributed by atoms with Gasteiger partial charge in [0, 0.05) is 19.1 Å². The summed E-state index contributed by atoms with van der Waals surface area (Å²) in [4.78, 5) is 4.24. The summed E-state index contributed by atoms with van der Waals surface area (Å²) >= 11 is 0. The summed E-state index contributed by atoms with van der Waals surface area (Å²) in [5.41, 5.74) is 5.71. The first-order valence-corrected chi connectivity index (χ1v) is 5.53. The van der Waals surface area contributed by atoms with E-state index in [0.717, 1.165) is 26.1 Å². The van der Waals surface area contributed by atoms with E-state index < -0.39 is 12.1 Å². The second kappa shape index (κ2) is 4.90. The molecule has 2 rings (SSSR count). The summed E-state index contributed by atoms with van der Waals surface area (Å²) in [7, 11) is 0. The standard InChI is InChI=1S/C10H17N3O3/c1-6(14)8(11)10-12-9(13-16-10)7-2-4-15-5-3-7/h6-8,14H,2-5,11H2,1H3. The number of rotatable bonds is 3. The van der Waals surface area contributed by atoms with Crippen LogP contribution in [-0.4, -0.2) is 34.6 Å². The monoisotopic (exact) mass is 227 g/mol. The molecule has 16 heavy (non-hydrogen) atoms. The minimum absolute atomic E-state index is 0.285. The highest BCUT2D eigenvalue weighted by atomic mass is 16.5. The van der Waals surface area contributed by atoms with Gasteiger partial charge in [0.2, 0.25) is 5.89 Å². The van der Waals surface area contributed by atoms with Crippen molar-refractivity contribution in [2.24, 2.45) is 5.73 Å². The average molecular weight is 227 g/mol. The Kier molecular flexibility index (Phi) is 3.52. The van der Waals surface area contributed by atoms with Gasteiger partial charge in [0.05, 0.1) is 6.10 Å². The molecule has 1 fully saturated rings. The molecule has 90 valence electrons. The van der Waals surface area contributed by atoms with E-state index in [9.17, 15) is 5.11 Å². The number of ether oxygens (including phenoxy) is 1. The molecule has 0 aromatic carbocycles. The van der Waals surface area contributed by atoms with E-state index in [1.807, 2.05) is 0 Å². The lowest BCUT2D eigenvalue weighted by molar-refractivity contribution is 0.0830. The molecular weight excluding hydrogens is 210 g/mol. The highest BCUT2D eigenvalue weighted by molar-refractivity contribution is 4.99. The number of aromatic nitrogens is 2. The number of aliphatic hydroxyl groups is 1. The Labute approximate surface area is 93.8 Å². The molecule has 0 saturated carbocycles. The molecule has 1 saturated heterocycles. The van der Waals surface area contributed by atoms with E-state index in [1.54, 1.807) is 6.92 Å². The lowest BCUT2D eigenvalue weighted by atomic mass is 10.00. The van der Waals surface area contributed by atoms with Gasteiger partial charge in [0.25, 0.3) is 0 Å². The minimum Gasteiger partial charge on any atom is -0.391 e. The highest BCUT2D eigenvalue weighted by Gasteiger charge is 2.24. The van der Waals surface area contributed by atoms with Crippen LogP contribution in [0.5, 0.6) is 0 Å². The fraction of sp³-hybridized carbons (Fsp3) is 0.800. The van der Waals surface area contributed by atoms with Gasteiger partial charge in [-0.2, -0.15) is 4.98 Å². The molecule has 0 aliphatic carbocycles. The SMILES string of the molecule is CC(O)C(N)c1nc(C2CCOCC2)no1. The summed E-state index contributed by atoms with van der Waals surface area (Å²) in [6.07, 6.45) is 1.12. The molecule has 3 N–H and O–H groups in total. The van der Waals surface area contributed by atoms with Crippen molar-refractivity contribution in [1.82, 2.24) is 10.1 Å². The van der Waals surface area contributed by atoms with Crippen molar-refractivity contribution in [2.75, 3.05) is 13.2 Å². The molecule has 2 unspecified atom stereocenters. The Morgan fingerprint density at radius 1 is 1.44 bits per heavy atom. The Morgan fingerprint density at radius 3 is 2.75 bits per heavy atom. The van der Waals surface area contributed by atoms with Gasteiger partial charge in [-0.05, 0) is 19.8 Å². The first-order valence-electron chi connectivity index (χ1n) is 5.53. The van der Waals surface area contributed by atoms with Crippen molar-refractivity contribution in [1.29, 1.82) is 0 Å². The van der Waals surface area contributed by atoms with Crippen LogP contribution in [-0.2, 0) is 4.74 Å². The van der Waals surface area contributed by atoms with Crippen molar-refractivity contribution in [3.8, 4) is 0 Å². The van der Waals surface area contributed by atoms with Crippen molar-refractivity contribution in [3.05, 3.63) is 11.7 Å². The maximum absolute atomic E-state index is 9.32. The lowest BCUT2D eigenvalue weighted by Crippen LogP contribution is -2.23. The van der Waals surface area contributed by atoms with E-state index in [-0.39, 0.29) is 5.92 Å². The Bertz CT molecular complexity index is 334. The van der Waals surface area contributed by atoms with Crippen LogP contribution in [0, 0.1) is 0 Å². The Hall–Kier alpha value is -0.980. The van der Waals surface area contributed by atoms with Crippen molar-refractivity contribution in [3.63, 3.8) is 0 Å². The van der Waals surface area contributed by atoms with Gasteiger partial charge in [0.15, 0.2) is 5.82 Å². The predicted octanol–water partition coefficient (Wildman–Crippen LogP) is 0.344. The fourth-order valence-electron chi connectivity index (χ4n) is 1.71. The zero-order valence-electron chi connectivity index (χ0n) is 9.30. The molecular formula is C10H17N3O3. The maximum atomic E-state index is 9.32. The number of hydrogen-bond donors (Lipinski definition) is 2. The predicted molar refractivity (Wildman–Crippen MR) is 55.7 cm³/mol. The first kappa shape index (κ1) is 11.5. The van der Waals surface area contributed by atoms with Gasteiger partial charge < -0.3 is 20.1 Å². The molecule has 1 aliphatic rings. The van der Waals surface area contributed by atoms with Crippen molar-refractivity contribution >= 4 is 0 Å². The van der Waals surface area contributed by atoms with Gasteiger partial charge >= 0.3 is 0 Å². The average Bonchev–Trinajstić information content (AvgIpc) is 2.78. The van der Waals surface area contributed by atoms with Crippen molar-refractivity contribution in [2.45, 2.75) is 37.8 Å². The number of nitrogens with two attached hydrogens (primary N) is 1. The van der Waals surface area contributed by atoms with Gasteiger partial charge in [-0.25, -0.2) is 0 Å². The van der Waals surface area contributed by atoms with Gasteiger partial charge in [0.1, 0.15) is 6.04 Å². The summed E-state index contributed by atoms with van der Waals surface area (Å²) in [5, 5.41) is 13.2. The molecule has 1 aromatic heterocycles. The van der Waals surface area contributed by atoms with Crippen LogP contribution in [0.3, 0.4) is 0 Å². The van der Waals surface area contributed by atoms with Crippen LogP contribution >= 0.6 is 0 Å². The van der Waals surface area contributed by atoms with Crippen molar-refractivity contribution < 1.29 is 14.4 Å². The number of hydrogen-bond acceptors (Lipinski definition) is 6. The second-order valence-electron chi connectivity index (χ2n) is 4.14. The normalized spacial score (nSPS) is 21.9. The van der Waals surface area contributed by atoms with Crippen LogP contribution in [0.2, 0.25) is 0 Å². The molecule has 1 aliphatic heterocycles. The van der Waals surface area contributed by atoms with Crippen LogP contribution in [0.25, 0.3) is 0 Å². The number of nitrogens with zero attached hydrogens (tertiary/aromatic N) is 2. The molecule has 2 heterocycles. The summed E-state index contributed by atoms with van der Waals surface area (Å²) in [6.45, 7) is 3.07. The zero-order valence-corrected chi connectivity index (χ0v) is 9.30. The number of aliphatic hydroxyl groups excluding tert-OH is 1. The molecule has 6 heteroatoms. The maximum Gasteiger partial charge on any atom is 0.246 e. The minimum atomic E-state index is -0.692. The van der Waals surface area contributed by atoms with Crippen LogP contribution < -0.4 is 5.73 Å². The van der Waals surface area contributed by atoms with E-state index in [0.29, 0.717) is 11.7 Å². The largest absolute Gasteiger partial charge is 0.391 e.